The highest BCUT2D eigenvalue weighted by Gasteiger charge is 2.18. The van der Waals surface area contributed by atoms with Crippen molar-refractivity contribution < 1.29 is 0 Å². The molecule has 6 nitrogen and oxygen atoms in total. The zero-order chi connectivity index (χ0) is 13.2. The summed E-state index contributed by atoms with van der Waals surface area (Å²) in [5.74, 6) is 1.25. The van der Waals surface area contributed by atoms with E-state index in [-0.39, 0.29) is 6.04 Å². The van der Waals surface area contributed by atoms with Gasteiger partial charge >= 0.3 is 0 Å². The molecule has 0 aromatic carbocycles. The molecule has 0 radical (unpaired) electrons. The van der Waals surface area contributed by atoms with E-state index in [1.54, 1.807) is 28.2 Å². The zero-order valence-corrected chi connectivity index (χ0v) is 11.5. The molecular weight excluding hydrogens is 260 g/mol. The standard InChI is InChI=1S/C12H14N6S/c1-8(2)12(9-4-3-5-19-9)14-10-6-13-7-11-15-16-17-18(10)11/h3-8,12,14H,1-2H3. The van der Waals surface area contributed by atoms with Crippen molar-refractivity contribution in [2.24, 2.45) is 5.92 Å². The lowest BCUT2D eigenvalue weighted by atomic mass is 10.0. The first-order valence-corrected chi connectivity index (χ1v) is 6.95. The maximum Gasteiger partial charge on any atom is 0.199 e. The van der Waals surface area contributed by atoms with Gasteiger partial charge in [0, 0.05) is 4.88 Å². The number of nitrogens with zero attached hydrogens (tertiary/aromatic N) is 5. The molecule has 7 heteroatoms. The van der Waals surface area contributed by atoms with Crippen LogP contribution >= 0.6 is 11.3 Å². The van der Waals surface area contributed by atoms with Crippen LogP contribution in [0.1, 0.15) is 24.8 Å². The fraction of sp³-hybridized carbons (Fsp3) is 0.333. The van der Waals surface area contributed by atoms with Crippen LogP contribution in [0.15, 0.2) is 29.9 Å². The Morgan fingerprint density at radius 1 is 1.32 bits per heavy atom. The van der Waals surface area contributed by atoms with Gasteiger partial charge in [0.2, 0.25) is 0 Å². The predicted molar refractivity (Wildman–Crippen MR) is 74.1 cm³/mol. The number of hydrogen-bond acceptors (Lipinski definition) is 6. The van der Waals surface area contributed by atoms with Crippen LogP contribution in [-0.2, 0) is 0 Å². The van der Waals surface area contributed by atoms with Crippen molar-refractivity contribution in [2.45, 2.75) is 19.9 Å². The van der Waals surface area contributed by atoms with E-state index in [4.69, 9.17) is 0 Å². The summed E-state index contributed by atoms with van der Waals surface area (Å²) >= 11 is 1.74. The van der Waals surface area contributed by atoms with E-state index in [1.165, 1.54) is 4.88 Å². The van der Waals surface area contributed by atoms with Crippen LogP contribution in [0.25, 0.3) is 5.65 Å². The molecule has 0 fully saturated rings. The molecule has 3 heterocycles. The van der Waals surface area contributed by atoms with Crippen LogP contribution in [0.2, 0.25) is 0 Å². The number of fused-ring (bicyclic) bond motifs is 1. The van der Waals surface area contributed by atoms with Crippen LogP contribution in [-0.4, -0.2) is 25.0 Å². The summed E-state index contributed by atoms with van der Waals surface area (Å²) in [6.07, 6.45) is 3.38. The molecule has 1 unspecified atom stereocenters. The average Bonchev–Trinajstić information content (AvgIpc) is 3.06. The Hall–Kier alpha value is -2.02. The van der Waals surface area contributed by atoms with Crippen molar-refractivity contribution in [3.63, 3.8) is 0 Å². The van der Waals surface area contributed by atoms with Gasteiger partial charge in [0.25, 0.3) is 0 Å². The summed E-state index contributed by atoms with van der Waals surface area (Å²) in [6.45, 7) is 4.37. The Bertz CT molecular complexity index is 660. The molecule has 0 aliphatic heterocycles. The maximum atomic E-state index is 4.16. The second kappa shape index (κ2) is 4.93. The molecule has 0 bridgehead atoms. The fourth-order valence-corrected chi connectivity index (χ4v) is 2.92. The number of nitrogens with one attached hydrogen (secondary N) is 1. The van der Waals surface area contributed by atoms with E-state index in [1.807, 2.05) is 0 Å². The van der Waals surface area contributed by atoms with Gasteiger partial charge in [-0.15, -0.1) is 16.4 Å². The SMILES string of the molecule is CC(C)C(Nc1cncc2nnnn12)c1cccs1. The quantitative estimate of drug-likeness (QED) is 0.791. The van der Waals surface area contributed by atoms with Gasteiger partial charge in [-0.05, 0) is 27.8 Å². The van der Waals surface area contributed by atoms with Crippen LogP contribution < -0.4 is 5.32 Å². The van der Waals surface area contributed by atoms with Crippen LogP contribution in [0, 0.1) is 5.92 Å². The largest absolute Gasteiger partial charge is 0.361 e. The Kier molecular flexibility index (Phi) is 3.12. The Labute approximate surface area is 114 Å². The molecular formula is C12H14N6S. The second-order valence-corrected chi connectivity index (χ2v) is 5.60. The Morgan fingerprint density at radius 2 is 2.21 bits per heavy atom. The summed E-state index contributed by atoms with van der Waals surface area (Å²) in [6, 6.07) is 4.42. The molecule has 0 aliphatic carbocycles. The van der Waals surface area contributed by atoms with Crippen LogP contribution in [0.4, 0.5) is 5.82 Å². The molecule has 0 spiro atoms. The summed E-state index contributed by atoms with van der Waals surface area (Å²) in [4.78, 5) is 5.45. The van der Waals surface area contributed by atoms with Gasteiger partial charge in [-0.1, -0.05) is 19.9 Å². The molecule has 98 valence electrons. The van der Waals surface area contributed by atoms with Crippen molar-refractivity contribution in [1.82, 2.24) is 25.0 Å². The van der Waals surface area contributed by atoms with Crippen molar-refractivity contribution in [2.75, 3.05) is 5.32 Å². The minimum absolute atomic E-state index is 0.219. The van der Waals surface area contributed by atoms with Gasteiger partial charge in [0.15, 0.2) is 11.5 Å². The number of hydrogen-bond donors (Lipinski definition) is 1. The van der Waals surface area contributed by atoms with E-state index in [0.29, 0.717) is 11.6 Å². The molecule has 1 atom stereocenters. The highest BCUT2D eigenvalue weighted by Crippen LogP contribution is 2.29. The fourth-order valence-electron chi connectivity index (χ4n) is 1.97. The normalized spacial score (nSPS) is 13.0. The molecule has 3 aromatic heterocycles. The van der Waals surface area contributed by atoms with E-state index in [0.717, 1.165) is 5.82 Å². The topological polar surface area (TPSA) is 68.0 Å². The summed E-state index contributed by atoms with van der Waals surface area (Å²) in [5, 5.41) is 17.1. The molecule has 0 aliphatic rings. The van der Waals surface area contributed by atoms with Gasteiger partial charge in [-0.2, -0.15) is 4.52 Å². The van der Waals surface area contributed by atoms with E-state index < -0.39 is 0 Å². The average molecular weight is 274 g/mol. The zero-order valence-electron chi connectivity index (χ0n) is 10.7. The molecule has 19 heavy (non-hydrogen) atoms. The third-order valence-corrected chi connectivity index (χ3v) is 3.88. The summed E-state index contributed by atoms with van der Waals surface area (Å²) in [5.41, 5.74) is 0.638. The van der Waals surface area contributed by atoms with Gasteiger partial charge in [0.1, 0.15) is 0 Å². The number of thiophene rings is 1. The lowest BCUT2D eigenvalue weighted by molar-refractivity contribution is 0.549. The van der Waals surface area contributed by atoms with Gasteiger partial charge < -0.3 is 5.32 Å². The van der Waals surface area contributed by atoms with Crippen LogP contribution in [0.5, 0.6) is 0 Å². The third kappa shape index (κ3) is 2.28. The van der Waals surface area contributed by atoms with Gasteiger partial charge in [-0.3, -0.25) is 4.98 Å². The highest BCUT2D eigenvalue weighted by atomic mass is 32.1. The molecule has 0 amide bonds. The summed E-state index contributed by atoms with van der Waals surface area (Å²) < 4.78 is 1.66. The van der Waals surface area contributed by atoms with E-state index in [2.05, 4.69) is 57.2 Å². The molecule has 0 saturated carbocycles. The number of tetrazole rings is 1. The Morgan fingerprint density at radius 3 is 2.95 bits per heavy atom. The van der Waals surface area contributed by atoms with Crippen molar-refractivity contribution >= 4 is 22.8 Å². The molecule has 3 rings (SSSR count). The van der Waals surface area contributed by atoms with Crippen molar-refractivity contribution in [1.29, 1.82) is 0 Å². The Balaban J connectivity index is 1.96. The lowest BCUT2D eigenvalue weighted by Crippen LogP contribution is -2.17. The van der Waals surface area contributed by atoms with E-state index >= 15 is 0 Å². The van der Waals surface area contributed by atoms with E-state index in [9.17, 15) is 0 Å². The van der Waals surface area contributed by atoms with Crippen molar-refractivity contribution in [3.05, 3.63) is 34.8 Å². The smallest absolute Gasteiger partial charge is 0.199 e. The van der Waals surface area contributed by atoms with Gasteiger partial charge in [0.05, 0.1) is 18.4 Å². The first kappa shape index (κ1) is 12.0. The number of anilines is 1. The van der Waals surface area contributed by atoms with Crippen LogP contribution in [0.3, 0.4) is 0 Å². The third-order valence-electron chi connectivity index (χ3n) is 2.93. The monoisotopic (exact) mass is 274 g/mol. The highest BCUT2D eigenvalue weighted by molar-refractivity contribution is 7.10. The predicted octanol–water partition coefficient (Wildman–Crippen LogP) is 2.39. The molecule has 3 aromatic rings. The summed E-state index contributed by atoms with van der Waals surface area (Å²) in [7, 11) is 0. The first-order valence-electron chi connectivity index (χ1n) is 6.08. The van der Waals surface area contributed by atoms with Crippen molar-refractivity contribution in [3.8, 4) is 0 Å². The maximum absolute atomic E-state index is 4.16. The minimum atomic E-state index is 0.219. The molecule has 0 saturated heterocycles. The van der Waals surface area contributed by atoms with Gasteiger partial charge in [-0.25, -0.2) is 0 Å². The lowest BCUT2D eigenvalue weighted by Gasteiger charge is -2.22. The number of rotatable bonds is 4. The second-order valence-electron chi connectivity index (χ2n) is 4.62. The first-order chi connectivity index (χ1) is 9.25. The minimum Gasteiger partial charge on any atom is -0.361 e. The molecule has 1 N–H and O–H groups in total. The number of aromatic nitrogens is 5.